The van der Waals surface area contributed by atoms with Crippen molar-refractivity contribution in [2.45, 2.75) is 58.4 Å². The monoisotopic (exact) mass is 266 g/mol. The van der Waals surface area contributed by atoms with Crippen LogP contribution >= 0.6 is 11.3 Å². The molecule has 0 amide bonds. The van der Waals surface area contributed by atoms with Gasteiger partial charge in [0.05, 0.1) is 17.2 Å². The van der Waals surface area contributed by atoms with Crippen molar-refractivity contribution in [3.05, 3.63) is 16.6 Å². The zero-order valence-electron chi connectivity index (χ0n) is 11.7. The Morgan fingerprint density at radius 2 is 2.33 bits per heavy atom. The third-order valence-corrected chi connectivity index (χ3v) is 4.86. The van der Waals surface area contributed by atoms with Gasteiger partial charge in [0, 0.05) is 5.38 Å². The fourth-order valence-corrected chi connectivity index (χ4v) is 3.78. The van der Waals surface area contributed by atoms with Crippen LogP contribution in [-0.4, -0.2) is 11.5 Å². The summed E-state index contributed by atoms with van der Waals surface area (Å²) in [4.78, 5) is 4.55. The average Bonchev–Trinajstić information content (AvgIpc) is 2.93. The summed E-state index contributed by atoms with van der Waals surface area (Å²) in [6, 6.07) is 0.491. The Morgan fingerprint density at radius 1 is 1.44 bits per heavy atom. The van der Waals surface area contributed by atoms with Crippen LogP contribution in [0.15, 0.2) is 10.9 Å². The average molecular weight is 266 g/mol. The van der Waals surface area contributed by atoms with Gasteiger partial charge in [-0.15, -0.1) is 11.3 Å². The van der Waals surface area contributed by atoms with E-state index >= 15 is 0 Å². The van der Waals surface area contributed by atoms with Crippen LogP contribution in [0.3, 0.4) is 0 Å². The Kier molecular flexibility index (Phi) is 5.64. The summed E-state index contributed by atoms with van der Waals surface area (Å²) < 4.78 is 0. The highest BCUT2D eigenvalue weighted by molar-refractivity contribution is 7.07. The van der Waals surface area contributed by atoms with Gasteiger partial charge in [0.25, 0.3) is 0 Å². The maximum Gasteiger partial charge on any atom is 0.0795 e. The topological polar surface area (TPSA) is 24.9 Å². The summed E-state index contributed by atoms with van der Waals surface area (Å²) in [7, 11) is 0. The van der Waals surface area contributed by atoms with E-state index in [1.807, 2.05) is 5.51 Å². The van der Waals surface area contributed by atoms with E-state index < -0.39 is 0 Å². The molecule has 18 heavy (non-hydrogen) atoms. The number of aromatic nitrogens is 1. The SMILES string of the molecule is CCCNC(c1cscn1)C1CCCC(CC)C1. The molecule has 1 N–H and O–H groups in total. The summed E-state index contributed by atoms with van der Waals surface area (Å²) in [5.74, 6) is 1.73. The first-order chi connectivity index (χ1) is 8.85. The maximum atomic E-state index is 4.55. The van der Waals surface area contributed by atoms with Gasteiger partial charge in [-0.1, -0.05) is 33.1 Å². The molecule has 102 valence electrons. The molecule has 1 fully saturated rings. The first-order valence-electron chi connectivity index (χ1n) is 7.46. The van der Waals surface area contributed by atoms with E-state index in [1.165, 1.54) is 44.2 Å². The Labute approximate surface area is 115 Å². The first-order valence-corrected chi connectivity index (χ1v) is 8.40. The van der Waals surface area contributed by atoms with E-state index in [2.05, 4.69) is 29.5 Å². The van der Waals surface area contributed by atoms with Gasteiger partial charge in [-0.25, -0.2) is 4.98 Å². The summed E-state index contributed by atoms with van der Waals surface area (Å²) in [5.41, 5.74) is 3.24. The minimum absolute atomic E-state index is 0.491. The molecule has 0 spiro atoms. The predicted molar refractivity (Wildman–Crippen MR) is 78.9 cm³/mol. The molecule has 2 rings (SSSR count). The van der Waals surface area contributed by atoms with Crippen LogP contribution in [0.4, 0.5) is 0 Å². The molecule has 1 aromatic rings. The van der Waals surface area contributed by atoms with E-state index in [9.17, 15) is 0 Å². The smallest absolute Gasteiger partial charge is 0.0795 e. The molecule has 2 nitrogen and oxygen atoms in total. The second-order valence-corrected chi connectivity index (χ2v) is 6.26. The van der Waals surface area contributed by atoms with Gasteiger partial charge in [0.15, 0.2) is 0 Å². The molecule has 0 radical (unpaired) electrons. The lowest BCUT2D eigenvalue weighted by atomic mass is 9.76. The molecule has 3 unspecified atom stereocenters. The van der Waals surface area contributed by atoms with E-state index in [0.29, 0.717) is 6.04 Å². The number of nitrogens with one attached hydrogen (secondary N) is 1. The van der Waals surface area contributed by atoms with Crippen LogP contribution in [-0.2, 0) is 0 Å². The van der Waals surface area contributed by atoms with Gasteiger partial charge in [-0.3, -0.25) is 0 Å². The van der Waals surface area contributed by atoms with Crippen LogP contribution in [0, 0.1) is 11.8 Å². The van der Waals surface area contributed by atoms with Crippen LogP contribution in [0.25, 0.3) is 0 Å². The normalized spacial score (nSPS) is 26.1. The standard InChI is InChI=1S/C15H26N2S/c1-3-8-16-15(14-10-18-11-17-14)13-7-5-6-12(4-2)9-13/h10-13,15-16H,3-9H2,1-2H3. The molecule has 1 aromatic heterocycles. The fourth-order valence-electron chi connectivity index (χ4n) is 3.19. The minimum atomic E-state index is 0.491. The van der Waals surface area contributed by atoms with Crippen molar-refractivity contribution in [3.63, 3.8) is 0 Å². The predicted octanol–water partition coefficient (Wildman–Crippen LogP) is 4.40. The molecule has 0 saturated heterocycles. The number of thiazole rings is 1. The second-order valence-electron chi connectivity index (χ2n) is 5.55. The highest BCUT2D eigenvalue weighted by Crippen LogP contribution is 2.38. The third kappa shape index (κ3) is 3.55. The van der Waals surface area contributed by atoms with Crippen molar-refractivity contribution in [1.29, 1.82) is 0 Å². The lowest BCUT2D eigenvalue weighted by molar-refractivity contribution is 0.207. The Morgan fingerprint density at radius 3 is 3.00 bits per heavy atom. The highest BCUT2D eigenvalue weighted by atomic mass is 32.1. The quantitative estimate of drug-likeness (QED) is 0.825. The molecular weight excluding hydrogens is 240 g/mol. The number of hydrogen-bond acceptors (Lipinski definition) is 3. The fraction of sp³-hybridized carbons (Fsp3) is 0.800. The van der Waals surface area contributed by atoms with Gasteiger partial charge in [0.1, 0.15) is 0 Å². The van der Waals surface area contributed by atoms with Crippen LogP contribution in [0.2, 0.25) is 0 Å². The lowest BCUT2D eigenvalue weighted by Gasteiger charge is -2.34. The number of hydrogen-bond donors (Lipinski definition) is 1. The third-order valence-electron chi connectivity index (χ3n) is 4.26. The summed E-state index contributed by atoms with van der Waals surface area (Å²) >= 11 is 1.72. The molecule has 3 atom stereocenters. The first kappa shape index (κ1) is 14.0. The van der Waals surface area contributed by atoms with E-state index in [0.717, 1.165) is 18.4 Å². The maximum absolute atomic E-state index is 4.55. The lowest BCUT2D eigenvalue weighted by Crippen LogP contribution is -2.32. The van der Waals surface area contributed by atoms with Crippen LogP contribution in [0.5, 0.6) is 0 Å². The molecule has 3 heteroatoms. The van der Waals surface area contributed by atoms with E-state index in [4.69, 9.17) is 0 Å². The summed E-state index contributed by atoms with van der Waals surface area (Å²) in [6.07, 6.45) is 8.13. The summed E-state index contributed by atoms with van der Waals surface area (Å²) in [6.45, 7) is 5.68. The van der Waals surface area contributed by atoms with Crippen molar-refractivity contribution in [2.24, 2.45) is 11.8 Å². The Bertz CT molecular complexity index is 323. The molecule has 1 aliphatic rings. The summed E-state index contributed by atoms with van der Waals surface area (Å²) in [5, 5.41) is 5.96. The van der Waals surface area contributed by atoms with Crippen molar-refractivity contribution in [2.75, 3.05) is 6.54 Å². The molecule has 1 saturated carbocycles. The van der Waals surface area contributed by atoms with E-state index in [1.54, 1.807) is 11.3 Å². The number of nitrogens with zero attached hydrogens (tertiary/aromatic N) is 1. The number of rotatable bonds is 6. The van der Waals surface area contributed by atoms with Crippen LogP contribution < -0.4 is 5.32 Å². The van der Waals surface area contributed by atoms with Crippen molar-refractivity contribution in [1.82, 2.24) is 10.3 Å². The molecule has 1 aliphatic carbocycles. The van der Waals surface area contributed by atoms with Gasteiger partial charge in [0.2, 0.25) is 0 Å². The van der Waals surface area contributed by atoms with Gasteiger partial charge >= 0.3 is 0 Å². The van der Waals surface area contributed by atoms with Crippen LogP contribution in [0.1, 0.15) is 64.1 Å². The molecular formula is C15H26N2S. The van der Waals surface area contributed by atoms with Gasteiger partial charge < -0.3 is 5.32 Å². The molecule has 1 heterocycles. The highest BCUT2D eigenvalue weighted by Gasteiger charge is 2.29. The largest absolute Gasteiger partial charge is 0.308 e. The molecule has 0 aliphatic heterocycles. The Balaban J connectivity index is 2.03. The molecule has 0 aromatic carbocycles. The zero-order chi connectivity index (χ0) is 12.8. The van der Waals surface area contributed by atoms with Crippen molar-refractivity contribution >= 4 is 11.3 Å². The van der Waals surface area contributed by atoms with Gasteiger partial charge in [-0.2, -0.15) is 0 Å². The zero-order valence-corrected chi connectivity index (χ0v) is 12.5. The minimum Gasteiger partial charge on any atom is -0.308 e. The van der Waals surface area contributed by atoms with Crippen molar-refractivity contribution < 1.29 is 0 Å². The second kappa shape index (κ2) is 7.25. The van der Waals surface area contributed by atoms with Crippen molar-refractivity contribution in [3.8, 4) is 0 Å². The van der Waals surface area contributed by atoms with Gasteiger partial charge in [-0.05, 0) is 37.6 Å². The molecule has 0 bridgehead atoms. The Hall–Kier alpha value is -0.410. The van der Waals surface area contributed by atoms with E-state index in [-0.39, 0.29) is 0 Å².